The molecule has 5 heteroatoms. The fourth-order valence-corrected chi connectivity index (χ4v) is 3.69. The minimum atomic E-state index is -0.0588. The second-order valence-electron chi connectivity index (χ2n) is 7.17. The Balaban J connectivity index is 1.50. The average molecular weight is 352 g/mol. The van der Waals surface area contributed by atoms with E-state index in [0.29, 0.717) is 23.8 Å². The largest absolute Gasteiger partial charge is 0.362 e. The van der Waals surface area contributed by atoms with E-state index in [1.165, 1.54) is 17.5 Å². The SMILES string of the molecule is Cc1ccccc1C1CCN(CCNC(=O)c2cccnc2N(C)C)C1. The van der Waals surface area contributed by atoms with Crippen LogP contribution in [-0.4, -0.2) is 56.1 Å². The van der Waals surface area contributed by atoms with Crippen LogP contribution in [0.3, 0.4) is 0 Å². The Morgan fingerprint density at radius 1 is 1.27 bits per heavy atom. The third-order valence-corrected chi connectivity index (χ3v) is 5.07. The molecule has 1 fully saturated rings. The molecule has 1 saturated heterocycles. The van der Waals surface area contributed by atoms with Crippen LogP contribution in [0.1, 0.15) is 33.8 Å². The number of benzene rings is 1. The van der Waals surface area contributed by atoms with Crippen molar-refractivity contribution in [3.05, 3.63) is 59.3 Å². The van der Waals surface area contributed by atoms with Gasteiger partial charge in [-0.1, -0.05) is 24.3 Å². The van der Waals surface area contributed by atoms with Crippen molar-refractivity contribution >= 4 is 11.7 Å². The van der Waals surface area contributed by atoms with Gasteiger partial charge in [-0.15, -0.1) is 0 Å². The van der Waals surface area contributed by atoms with Crippen LogP contribution in [0.15, 0.2) is 42.6 Å². The molecule has 0 spiro atoms. The first-order valence-electron chi connectivity index (χ1n) is 9.24. The van der Waals surface area contributed by atoms with E-state index >= 15 is 0 Å². The molecule has 26 heavy (non-hydrogen) atoms. The van der Waals surface area contributed by atoms with E-state index in [4.69, 9.17) is 0 Å². The molecule has 138 valence electrons. The van der Waals surface area contributed by atoms with Crippen molar-refractivity contribution < 1.29 is 4.79 Å². The van der Waals surface area contributed by atoms with Crippen LogP contribution >= 0.6 is 0 Å². The van der Waals surface area contributed by atoms with Crippen molar-refractivity contribution in [1.82, 2.24) is 15.2 Å². The van der Waals surface area contributed by atoms with Crippen molar-refractivity contribution in [3.8, 4) is 0 Å². The number of hydrogen-bond donors (Lipinski definition) is 1. The summed E-state index contributed by atoms with van der Waals surface area (Å²) in [7, 11) is 3.80. The molecule has 1 aromatic heterocycles. The van der Waals surface area contributed by atoms with Crippen molar-refractivity contribution in [2.75, 3.05) is 45.2 Å². The van der Waals surface area contributed by atoms with Gasteiger partial charge in [0.2, 0.25) is 0 Å². The number of likely N-dealkylation sites (tertiary alicyclic amines) is 1. The minimum absolute atomic E-state index is 0.0588. The van der Waals surface area contributed by atoms with E-state index in [0.717, 1.165) is 19.6 Å². The zero-order valence-electron chi connectivity index (χ0n) is 15.9. The molecular formula is C21H28N4O. The van der Waals surface area contributed by atoms with Gasteiger partial charge in [0.15, 0.2) is 0 Å². The number of carbonyl (C=O) groups excluding carboxylic acids is 1. The maximum absolute atomic E-state index is 12.5. The summed E-state index contributed by atoms with van der Waals surface area (Å²) >= 11 is 0. The Hall–Kier alpha value is -2.40. The second-order valence-corrected chi connectivity index (χ2v) is 7.17. The van der Waals surface area contributed by atoms with Crippen LogP contribution < -0.4 is 10.2 Å². The van der Waals surface area contributed by atoms with Gasteiger partial charge in [0.25, 0.3) is 5.91 Å². The molecule has 0 radical (unpaired) electrons. The van der Waals surface area contributed by atoms with E-state index in [1.807, 2.05) is 25.1 Å². The van der Waals surface area contributed by atoms with Crippen molar-refractivity contribution in [3.63, 3.8) is 0 Å². The van der Waals surface area contributed by atoms with Crippen molar-refractivity contribution in [2.24, 2.45) is 0 Å². The van der Waals surface area contributed by atoms with E-state index in [9.17, 15) is 4.79 Å². The molecule has 1 N–H and O–H groups in total. The number of hydrogen-bond acceptors (Lipinski definition) is 4. The van der Waals surface area contributed by atoms with Gasteiger partial charge in [-0.25, -0.2) is 4.98 Å². The highest BCUT2D eigenvalue weighted by molar-refractivity contribution is 5.98. The summed E-state index contributed by atoms with van der Waals surface area (Å²) in [6, 6.07) is 12.3. The highest BCUT2D eigenvalue weighted by Gasteiger charge is 2.24. The second kappa shape index (κ2) is 8.32. The van der Waals surface area contributed by atoms with Gasteiger partial charge in [-0.05, 0) is 49.1 Å². The van der Waals surface area contributed by atoms with E-state index in [2.05, 4.69) is 46.4 Å². The Morgan fingerprint density at radius 2 is 2.08 bits per heavy atom. The first kappa shape index (κ1) is 18.4. The van der Waals surface area contributed by atoms with Gasteiger partial charge in [0, 0.05) is 39.9 Å². The molecule has 0 bridgehead atoms. The molecule has 3 rings (SSSR count). The van der Waals surface area contributed by atoms with Gasteiger partial charge < -0.3 is 15.1 Å². The summed E-state index contributed by atoms with van der Waals surface area (Å²) in [5.41, 5.74) is 3.46. The standard InChI is InChI=1S/C21H28N4O/c1-16-7-4-5-8-18(16)17-10-13-25(15-17)14-12-23-21(26)19-9-6-11-22-20(19)24(2)3/h4-9,11,17H,10,12-15H2,1-3H3,(H,23,26). The third kappa shape index (κ3) is 4.22. The lowest BCUT2D eigenvalue weighted by molar-refractivity contribution is 0.0950. The third-order valence-electron chi connectivity index (χ3n) is 5.07. The first-order chi connectivity index (χ1) is 12.6. The molecule has 2 heterocycles. The summed E-state index contributed by atoms with van der Waals surface area (Å²) in [5, 5.41) is 3.04. The molecule has 1 amide bonds. The molecular weight excluding hydrogens is 324 g/mol. The normalized spacial score (nSPS) is 17.3. The maximum atomic E-state index is 12.5. The van der Waals surface area contributed by atoms with Crippen LogP contribution in [0.25, 0.3) is 0 Å². The first-order valence-corrected chi connectivity index (χ1v) is 9.24. The topological polar surface area (TPSA) is 48.5 Å². The molecule has 0 saturated carbocycles. The zero-order chi connectivity index (χ0) is 18.5. The molecule has 1 atom stereocenters. The Labute approximate surface area is 156 Å². The van der Waals surface area contributed by atoms with Crippen molar-refractivity contribution in [2.45, 2.75) is 19.3 Å². The summed E-state index contributed by atoms with van der Waals surface area (Å²) in [6.45, 7) is 5.88. The van der Waals surface area contributed by atoms with Crippen LogP contribution in [-0.2, 0) is 0 Å². The molecule has 1 aromatic carbocycles. The number of amides is 1. The fraction of sp³-hybridized carbons (Fsp3) is 0.429. The van der Waals surface area contributed by atoms with Gasteiger partial charge in [0.1, 0.15) is 5.82 Å². The van der Waals surface area contributed by atoms with Gasteiger partial charge >= 0.3 is 0 Å². The molecule has 2 aromatic rings. The number of nitrogens with one attached hydrogen (secondary N) is 1. The van der Waals surface area contributed by atoms with Gasteiger partial charge in [-0.3, -0.25) is 4.79 Å². The number of anilines is 1. The lowest BCUT2D eigenvalue weighted by atomic mass is 9.94. The predicted octanol–water partition coefficient (Wildman–Crippen LogP) is 2.68. The lowest BCUT2D eigenvalue weighted by Gasteiger charge is -2.18. The lowest BCUT2D eigenvalue weighted by Crippen LogP contribution is -2.34. The molecule has 1 aliphatic heterocycles. The maximum Gasteiger partial charge on any atom is 0.255 e. The number of aryl methyl sites for hydroxylation is 1. The average Bonchev–Trinajstić information content (AvgIpc) is 3.10. The Morgan fingerprint density at radius 3 is 2.85 bits per heavy atom. The van der Waals surface area contributed by atoms with Crippen LogP contribution in [0, 0.1) is 6.92 Å². The number of aromatic nitrogens is 1. The highest BCUT2D eigenvalue weighted by Crippen LogP contribution is 2.28. The molecule has 1 unspecified atom stereocenters. The predicted molar refractivity (Wildman–Crippen MR) is 106 cm³/mol. The highest BCUT2D eigenvalue weighted by atomic mass is 16.1. The molecule has 0 aliphatic carbocycles. The monoisotopic (exact) mass is 352 g/mol. The number of nitrogens with zero attached hydrogens (tertiary/aromatic N) is 3. The van der Waals surface area contributed by atoms with E-state index in [-0.39, 0.29) is 5.91 Å². The number of pyridine rings is 1. The zero-order valence-corrected chi connectivity index (χ0v) is 15.9. The molecule has 1 aliphatic rings. The van der Waals surface area contributed by atoms with Gasteiger partial charge in [0.05, 0.1) is 5.56 Å². The van der Waals surface area contributed by atoms with E-state index in [1.54, 1.807) is 12.3 Å². The van der Waals surface area contributed by atoms with Crippen LogP contribution in [0.4, 0.5) is 5.82 Å². The quantitative estimate of drug-likeness (QED) is 0.868. The summed E-state index contributed by atoms with van der Waals surface area (Å²) < 4.78 is 0. The van der Waals surface area contributed by atoms with Crippen LogP contribution in [0.2, 0.25) is 0 Å². The summed E-state index contributed by atoms with van der Waals surface area (Å²) in [4.78, 5) is 21.1. The summed E-state index contributed by atoms with van der Waals surface area (Å²) in [5.74, 6) is 1.24. The molecule has 5 nitrogen and oxygen atoms in total. The van der Waals surface area contributed by atoms with Crippen molar-refractivity contribution in [1.29, 1.82) is 0 Å². The van der Waals surface area contributed by atoms with Crippen LogP contribution in [0.5, 0.6) is 0 Å². The fourth-order valence-electron chi connectivity index (χ4n) is 3.69. The Bertz CT molecular complexity index is 759. The minimum Gasteiger partial charge on any atom is -0.362 e. The smallest absolute Gasteiger partial charge is 0.255 e. The van der Waals surface area contributed by atoms with E-state index < -0.39 is 0 Å². The number of carbonyl (C=O) groups is 1. The Kier molecular flexibility index (Phi) is 5.89. The van der Waals surface area contributed by atoms with Gasteiger partial charge in [-0.2, -0.15) is 0 Å². The number of rotatable bonds is 6. The summed E-state index contributed by atoms with van der Waals surface area (Å²) in [6.07, 6.45) is 2.90.